The molecule has 0 radical (unpaired) electrons. The third-order valence-electron chi connectivity index (χ3n) is 3.01. The Labute approximate surface area is 132 Å². The Morgan fingerprint density at radius 3 is 2.38 bits per heavy atom. The van der Waals surface area contributed by atoms with Crippen LogP contribution in [0.1, 0.15) is 17.3 Å². The topological polar surface area (TPSA) is 46.3 Å². The molecule has 0 aromatic heterocycles. The number of rotatable bonds is 3. The highest BCUT2D eigenvalue weighted by molar-refractivity contribution is 6.39. The molecule has 0 heterocycles. The number of nitrogens with zero attached hydrogens (tertiary/aromatic N) is 1. The molecule has 6 heteroatoms. The molecule has 2 aromatic carbocycles. The first-order valence-electron chi connectivity index (χ1n) is 6.26. The van der Waals surface area contributed by atoms with Gasteiger partial charge >= 0.3 is 0 Å². The van der Waals surface area contributed by atoms with Crippen LogP contribution in [0.15, 0.2) is 36.4 Å². The SMILES string of the molecule is CCN(C(=O)c1cc(Cl)c(N)c(Cl)c1)c1cccc(F)c1. The highest BCUT2D eigenvalue weighted by atomic mass is 35.5. The van der Waals surface area contributed by atoms with E-state index >= 15 is 0 Å². The molecule has 0 aliphatic rings. The number of carbonyl (C=O) groups is 1. The lowest BCUT2D eigenvalue weighted by molar-refractivity contribution is 0.0988. The fraction of sp³-hybridized carbons (Fsp3) is 0.133. The highest BCUT2D eigenvalue weighted by Gasteiger charge is 2.18. The zero-order valence-corrected chi connectivity index (χ0v) is 12.7. The summed E-state index contributed by atoms with van der Waals surface area (Å²) in [4.78, 5) is 14.0. The first-order valence-corrected chi connectivity index (χ1v) is 7.01. The summed E-state index contributed by atoms with van der Waals surface area (Å²) in [6, 6.07) is 8.72. The Kier molecular flexibility index (Phi) is 4.70. The van der Waals surface area contributed by atoms with Gasteiger partial charge in [0.25, 0.3) is 5.91 Å². The van der Waals surface area contributed by atoms with Crippen molar-refractivity contribution in [2.75, 3.05) is 17.2 Å². The normalized spacial score (nSPS) is 10.5. The standard InChI is InChI=1S/C15H13Cl2FN2O/c1-2-20(11-5-3-4-10(18)8-11)15(21)9-6-12(16)14(19)13(17)7-9/h3-8H,2,19H2,1H3. The molecule has 0 atom stereocenters. The van der Waals surface area contributed by atoms with Crippen LogP contribution in [0.5, 0.6) is 0 Å². The molecule has 1 amide bonds. The zero-order chi connectivity index (χ0) is 15.6. The first kappa shape index (κ1) is 15.6. The Hall–Kier alpha value is -1.78. The maximum atomic E-state index is 13.3. The van der Waals surface area contributed by atoms with Gasteiger partial charge in [-0.25, -0.2) is 4.39 Å². The number of anilines is 2. The van der Waals surface area contributed by atoms with Gasteiger partial charge in [0.1, 0.15) is 5.82 Å². The van der Waals surface area contributed by atoms with Gasteiger partial charge in [-0.2, -0.15) is 0 Å². The molecule has 3 nitrogen and oxygen atoms in total. The van der Waals surface area contributed by atoms with Crippen molar-refractivity contribution in [3.63, 3.8) is 0 Å². The quantitative estimate of drug-likeness (QED) is 0.850. The van der Waals surface area contributed by atoms with Crippen molar-refractivity contribution in [1.82, 2.24) is 0 Å². The number of amides is 1. The lowest BCUT2D eigenvalue weighted by Gasteiger charge is -2.21. The molecule has 0 aliphatic heterocycles. The van der Waals surface area contributed by atoms with Crippen molar-refractivity contribution < 1.29 is 9.18 Å². The van der Waals surface area contributed by atoms with Gasteiger partial charge in [-0.1, -0.05) is 29.3 Å². The minimum Gasteiger partial charge on any atom is -0.396 e. The molecule has 0 saturated carbocycles. The van der Waals surface area contributed by atoms with E-state index in [2.05, 4.69) is 0 Å². The highest BCUT2D eigenvalue weighted by Crippen LogP contribution is 2.30. The van der Waals surface area contributed by atoms with Crippen molar-refractivity contribution >= 4 is 40.5 Å². The maximum absolute atomic E-state index is 13.3. The van der Waals surface area contributed by atoms with E-state index < -0.39 is 5.82 Å². The van der Waals surface area contributed by atoms with E-state index in [1.54, 1.807) is 19.1 Å². The molecule has 0 unspecified atom stereocenters. The predicted octanol–water partition coefficient (Wildman–Crippen LogP) is 4.38. The largest absolute Gasteiger partial charge is 0.396 e. The second-order valence-electron chi connectivity index (χ2n) is 4.38. The van der Waals surface area contributed by atoms with Gasteiger partial charge in [0.05, 0.1) is 15.7 Å². The van der Waals surface area contributed by atoms with E-state index in [0.717, 1.165) is 0 Å². The minimum absolute atomic E-state index is 0.209. The smallest absolute Gasteiger partial charge is 0.258 e. The minimum atomic E-state index is -0.410. The number of nitrogens with two attached hydrogens (primary N) is 1. The zero-order valence-electron chi connectivity index (χ0n) is 11.2. The third kappa shape index (κ3) is 3.28. The lowest BCUT2D eigenvalue weighted by Crippen LogP contribution is -2.30. The fourth-order valence-corrected chi connectivity index (χ4v) is 2.44. The summed E-state index contributed by atoms with van der Waals surface area (Å²) in [6.45, 7) is 2.17. The van der Waals surface area contributed by atoms with E-state index in [0.29, 0.717) is 17.8 Å². The predicted molar refractivity (Wildman–Crippen MR) is 84.6 cm³/mol. The van der Waals surface area contributed by atoms with Gasteiger partial charge in [-0.3, -0.25) is 4.79 Å². The van der Waals surface area contributed by atoms with E-state index in [-0.39, 0.29) is 21.6 Å². The summed E-state index contributed by atoms with van der Waals surface area (Å²) in [7, 11) is 0. The number of hydrogen-bond donors (Lipinski definition) is 1. The second kappa shape index (κ2) is 6.33. The van der Waals surface area contributed by atoms with Crippen molar-refractivity contribution in [3.8, 4) is 0 Å². The van der Waals surface area contributed by atoms with Gasteiger partial charge < -0.3 is 10.6 Å². The Morgan fingerprint density at radius 1 is 1.24 bits per heavy atom. The second-order valence-corrected chi connectivity index (χ2v) is 5.20. The van der Waals surface area contributed by atoms with Gasteiger partial charge in [0.15, 0.2) is 0 Å². The molecule has 110 valence electrons. The maximum Gasteiger partial charge on any atom is 0.258 e. The van der Waals surface area contributed by atoms with Crippen LogP contribution in [0.2, 0.25) is 10.0 Å². The molecule has 2 rings (SSSR count). The number of nitrogen functional groups attached to an aromatic ring is 1. The van der Waals surface area contributed by atoms with E-state index in [4.69, 9.17) is 28.9 Å². The summed E-state index contributed by atoms with van der Waals surface area (Å²) >= 11 is 11.9. The third-order valence-corrected chi connectivity index (χ3v) is 3.63. The Bertz CT molecular complexity index is 668. The van der Waals surface area contributed by atoms with Crippen LogP contribution in [0.3, 0.4) is 0 Å². The van der Waals surface area contributed by atoms with Crippen molar-refractivity contribution in [2.45, 2.75) is 6.92 Å². The van der Waals surface area contributed by atoms with E-state index in [1.165, 1.54) is 29.2 Å². The molecule has 0 aliphatic carbocycles. The number of benzene rings is 2. The number of halogens is 3. The molecule has 0 spiro atoms. The molecule has 0 bridgehead atoms. The van der Waals surface area contributed by atoms with Crippen LogP contribution in [0.25, 0.3) is 0 Å². The average molecular weight is 327 g/mol. The van der Waals surface area contributed by atoms with Crippen LogP contribution >= 0.6 is 23.2 Å². The van der Waals surface area contributed by atoms with Gasteiger partial charge in [-0.05, 0) is 37.3 Å². The number of carbonyl (C=O) groups excluding carboxylic acids is 1. The van der Waals surface area contributed by atoms with E-state index in [1.807, 2.05) is 0 Å². The van der Waals surface area contributed by atoms with E-state index in [9.17, 15) is 9.18 Å². The molecule has 2 N–H and O–H groups in total. The Morgan fingerprint density at radius 2 is 1.86 bits per heavy atom. The van der Waals surface area contributed by atoms with Crippen molar-refractivity contribution in [2.24, 2.45) is 0 Å². The van der Waals surface area contributed by atoms with Crippen LogP contribution in [0, 0.1) is 5.82 Å². The Balaban J connectivity index is 2.41. The number of hydrogen-bond acceptors (Lipinski definition) is 2. The average Bonchev–Trinajstić information content (AvgIpc) is 2.45. The molecule has 2 aromatic rings. The van der Waals surface area contributed by atoms with Crippen LogP contribution in [0.4, 0.5) is 15.8 Å². The van der Waals surface area contributed by atoms with Gasteiger partial charge in [0.2, 0.25) is 0 Å². The first-order chi connectivity index (χ1) is 9.93. The monoisotopic (exact) mass is 326 g/mol. The lowest BCUT2D eigenvalue weighted by atomic mass is 10.1. The van der Waals surface area contributed by atoms with Gasteiger partial charge in [0, 0.05) is 17.8 Å². The molecule has 0 fully saturated rings. The van der Waals surface area contributed by atoms with Crippen molar-refractivity contribution in [1.29, 1.82) is 0 Å². The molecular weight excluding hydrogens is 314 g/mol. The molecule has 0 saturated heterocycles. The summed E-state index contributed by atoms with van der Waals surface area (Å²) in [5.74, 6) is -0.737. The molecular formula is C15H13Cl2FN2O. The fourth-order valence-electron chi connectivity index (χ4n) is 1.95. The molecule has 21 heavy (non-hydrogen) atoms. The van der Waals surface area contributed by atoms with Crippen LogP contribution < -0.4 is 10.6 Å². The van der Waals surface area contributed by atoms with Gasteiger partial charge in [-0.15, -0.1) is 0 Å². The van der Waals surface area contributed by atoms with Crippen LogP contribution in [-0.2, 0) is 0 Å². The summed E-state index contributed by atoms with van der Waals surface area (Å²) < 4.78 is 13.3. The summed E-state index contributed by atoms with van der Waals surface area (Å²) in [5.41, 5.74) is 6.64. The summed E-state index contributed by atoms with van der Waals surface area (Å²) in [6.07, 6.45) is 0. The van der Waals surface area contributed by atoms with Crippen molar-refractivity contribution in [3.05, 3.63) is 57.8 Å². The summed E-state index contributed by atoms with van der Waals surface area (Å²) in [5, 5.41) is 0.419. The van der Waals surface area contributed by atoms with Crippen LogP contribution in [-0.4, -0.2) is 12.5 Å².